The Morgan fingerprint density at radius 1 is 1.19 bits per heavy atom. The van der Waals surface area contributed by atoms with Crippen LogP contribution in [-0.4, -0.2) is 33.2 Å². The number of rotatable bonds is 5. The van der Waals surface area contributed by atoms with Gasteiger partial charge < -0.3 is 10.6 Å². The van der Waals surface area contributed by atoms with Gasteiger partial charge in [-0.2, -0.15) is 23.3 Å². The summed E-state index contributed by atoms with van der Waals surface area (Å²) in [5, 5.41) is 9.61. The van der Waals surface area contributed by atoms with Crippen molar-refractivity contribution in [2.24, 2.45) is 0 Å². The van der Waals surface area contributed by atoms with Crippen LogP contribution in [0.4, 0.5) is 39.4 Å². The maximum atomic E-state index is 12.9. The second-order valence-electron chi connectivity index (χ2n) is 5.28. The van der Waals surface area contributed by atoms with Crippen LogP contribution in [0.1, 0.15) is 5.56 Å². The Balaban J connectivity index is 1.95. The lowest BCUT2D eigenvalue weighted by Gasteiger charge is -2.13. The standard InChI is InChI=1S/C15H13F5N6/c1-21-13-9(15(18,19)20)6-22-14(25-13)24-10-3-2-4-11-8(10)5-23-26(11)7-12(16)17/h2-6,12H,7H2,1H3,(H2,21,22,24,25). The van der Waals surface area contributed by atoms with Crippen LogP contribution in [0.25, 0.3) is 10.9 Å². The number of hydrogen-bond acceptors (Lipinski definition) is 5. The number of nitrogens with one attached hydrogen (secondary N) is 2. The van der Waals surface area contributed by atoms with Crippen LogP contribution < -0.4 is 10.6 Å². The average Bonchev–Trinajstić information content (AvgIpc) is 2.97. The summed E-state index contributed by atoms with van der Waals surface area (Å²) in [5.41, 5.74) is -0.102. The third-order valence-electron chi connectivity index (χ3n) is 3.58. The molecule has 0 bridgehead atoms. The van der Waals surface area contributed by atoms with Gasteiger partial charge in [-0.3, -0.25) is 4.68 Å². The number of anilines is 3. The van der Waals surface area contributed by atoms with E-state index >= 15 is 0 Å². The van der Waals surface area contributed by atoms with Crippen molar-refractivity contribution in [3.05, 3.63) is 36.2 Å². The molecule has 0 fully saturated rings. The van der Waals surface area contributed by atoms with Crippen LogP contribution in [0.2, 0.25) is 0 Å². The molecule has 6 nitrogen and oxygen atoms in total. The van der Waals surface area contributed by atoms with Gasteiger partial charge in [-0.15, -0.1) is 0 Å². The Morgan fingerprint density at radius 3 is 2.62 bits per heavy atom. The van der Waals surface area contributed by atoms with Gasteiger partial charge in [0.2, 0.25) is 5.95 Å². The largest absolute Gasteiger partial charge is 0.421 e. The van der Waals surface area contributed by atoms with E-state index in [0.29, 0.717) is 22.8 Å². The number of aromatic nitrogens is 4. The van der Waals surface area contributed by atoms with Crippen molar-refractivity contribution < 1.29 is 22.0 Å². The average molecular weight is 372 g/mol. The molecule has 0 saturated heterocycles. The molecule has 1 aromatic carbocycles. The molecule has 0 unspecified atom stereocenters. The van der Waals surface area contributed by atoms with Crippen LogP contribution >= 0.6 is 0 Å². The predicted molar refractivity (Wildman–Crippen MR) is 85.6 cm³/mol. The summed E-state index contributed by atoms with van der Waals surface area (Å²) in [6.07, 6.45) is -5.09. The van der Waals surface area contributed by atoms with Gasteiger partial charge in [0, 0.05) is 18.6 Å². The molecule has 0 aliphatic carbocycles. The summed E-state index contributed by atoms with van der Waals surface area (Å²) < 4.78 is 65.0. The molecular formula is C15H13F5N6. The third kappa shape index (κ3) is 3.51. The van der Waals surface area contributed by atoms with Crippen LogP contribution in [0.5, 0.6) is 0 Å². The lowest BCUT2D eigenvalue weighted by atomic mass is 10.2. The molecule has 0 atom stereocenters. The lowest BCUT2D eigenvalue weighted by molar-refractivity contribution is -0.137. The number of alkyl halides is 5. The highest BCUT2D eigenvalue weighted by molar-refractivity contribution is 5.92. The molecule has 2 N–H and O–H groups in total. The van der Waals surface area contributed by atoms with Crippen molar-refractivity contribution in [3.63, 3.8) is 0 Å². The van der Waals surface area contributed by atoms with Crippen molar-refractivity contribution in [3.8, 4) is 0 Å². The van der Waals surface area contributed by atoms with Gasteiger partial charge in [0.05, 0.1) is 17.4 Å². The highest BCUT2D eigenvalue weighted by Gasteiger charge is 2.35. The summed E-state index contributed by atoms with van der Waals surface area (Å²) in [6, 6.07) is 4.84. The highest BCUT2D eigenvalue weighted by atomic mass is 19.4. The third-order valence-corrected chi connectivity index (χ3v) is 3.58. The zero-order valence-electron chi connectivity index (χ0n) is 13.3. The van der Waals surface area contributed by atoms with Crippen molar-refractivity contribution in [1.82, 2.24) is 19.7 Å². The fourth-order valence-electron chi connectivity index (χ4n) is 2.45. The molecule has 2 heterocycles. The number of benzene rings is 1. The molecule has 0 spiro atoms. The second-order valence-corrected chi connectivity index (χ2v) is 5.28. The van der Waals surface area contributed by atoms with E-state index in [2.05, 4.69) is 25.7 Å². The molecule has 26 heavy (non-hydrogen) atoms. The fraction of sp³-hybridized carbons (Fsp3) is 0.267. The highest BCUT2D eigenvalue weighted by Crippen LogP contribution is 2.34. The maximum Gasteiger partial charge on any atom is 0.421 e. The molecule has 0 radical (unpaired) electrons. The second kappa shape index (κ2) is 6.73. The molecule has 3 rings (SSSR count). The lowest BCUT2D eigenvalue weighted by Crippen LogP contribution is -2.12. The molecule has 3 aromatic rings. The maximum absolute atomic E-state index is 12.9. The van der Waals surface area contributed by atoms with E-state index in [1.807, 2.05) is 0 Å². The molecule has 11 heteroatoms. The summed E-state index contributed by atoms with van der Waals surface area (Å²) in [5.74, 6) is -0.452. The summed E-state index contributed by atoms with van der Waals surface area (Å²) >= 11 is 0. The Kier molecular flexibility index (Phi) is 4.62. The van der Waals surface area contributed by atoms with E-state index < -0.39 is 24.7 Å². The first-order valence-corrected chi connectivity index (χ1v) is 7.41. The Labute approximate surface area is 144 Å². The van der Waals surface area contributed by atoms with E-state index in [9.17, 15) is 22.0 Å². The summed E-state index contributed by atoms with van der Waals surface area (Å²) in [4.78, 5) is 7.50. The van der Waals surface area contributed by atoms with E-state index in [-0.39, 0.29) is 11.8 Å². The van der Waals surface area contributed by atoms with Crippen molar-refractivity contribution >= 4 is 28.4 Å². The minimum absolute atomic E-state index is 0.0727. The van der Waals surface area contributed by atoms with Crippen LogP contribution in [0.3, 0.4) is 0 Å². The zero-order chi connectivity index (χ0) is 18.9. The predicted octanol–water partition coefficient (Wildman–Crippen LogP) is 3.90. The minimum atomic E-state index is -4.59. The summed E-state index contributed by atoms with van der Waals surface area (Å²) in [6.45, 7) is -0.562. The molecule has 138 valence electrons. The molecule has 2 aromatic heterocycles. The van der Waals surface area contributed by atoms with Crippen molar-refractivity contribution in [2.45, 2.75) is 19.1 Å². The van der Waals surface area contributed by atoms with Crippen LogP contribution in [0.15, 0.2) is 30.6 Å². The SMILES string of the molecule is CNc1nc(Nc2cccc3c2cnn3CC(F)F)ncc1C(F)(F)F. The smallest absolute Gasteiger partial charge is 0.372 e. The number of fused-ring (bicyclic) bond motifs is 1. The minimum Gasteiger partial charge on any atom is -0.372 e. The van der Waals surface area contributed by atoms with Gasteiger partial charge in [-0.05, 0) is 12.1 Å². The zero-order valence-corrected chi connectivity index (χ0v) is 13.3. The topological polar surface area (TPSA) is 67.7 Å². The Morgan fingerprint density at radius 2 is 1.96 bits per heavy atom. The van der Waals surface area contributed by atoms with E-state index in [1.54, 1.807) is 18.2 Å². The van der Waals surface area contributed by atoms with Crippen molar-refractivity contribution in [1.29, 1.82) is 0 Å². The molecule has 0 saturated carbocycles. The van der Waals surface area contributed by atoms with Crippen LogP contribution in [-0.2, 0) is 12.7 Å². The molecular weight excluding hydrogens is 359 g/mol. The normalized spacial score (nSPS) is 12.0. The number of hydrogen-bond donors (Lipinski definition) is 2. The first-order chi connectivity index (χ1) is 12.3. The summed E-state index contributed by atoms with van der Waals surface area (Å²) in [7, 11) is 1.32. The van der Waals surface area contributed by atoms with Crippen LogP contribution in [0, 0.1) is 0 Å². The van der Waals surface area contributed by atoms with Gasteiger partial charge in [0.25, 0.3) is 6.43 Å². The van der Waals surface area contributed by atoms with Crippen molar-refractivity contribution in [2.75, 3.05) is 17.7 Å². The van der Waals surface area contributed by atoms with E-state index in [0.717, 1.165) is 4.68 Å². The van der Waals surface area contributed by atoms with Gasteiger partial charge in [0.15, 0.2) is 0 Å². The Bertz CT molecular complexity index is 921. The number of nitrogens with zero attached hydrogens (tertiary/aromatic N) is 4. The first-order valence-electron chi connectivity index (χ1n) is 7.41. The quantitative estimate of drug-likeness (QED) is 0.665. The van der Waals surface area contributed by atoms with E-state index in [4.69, 9.17) is 0 Å². The van der Waals surface area contributed by atoms with E-state index in [1.165, 1.54) is 13.2 Å². The first kappa shape index (κ1) is 17.8. The Hall–Kier alpha value is -2.98. The number of halogens is 5. The van der Waals surface area contributed by atoms with Gasteiger partial charge >= 0.3 is 6.18 Å². The fourth-order valence-corrected chi connectivity index (χ4v) is 2.45. The molecule has 0 aliphatic heterocycles. The van der Waals surface area contributed by atoms with Gasteiger partial charge in [0.1, 0.15) is 17.9 Å². The molecule has 0 aliphatic rings. The van der Waals surface area contributed by atoms with Gasteiger partial charge in [-0.25, -0.2) is 13.8 Å². The molecule has 0 amide bonds. The monoisotopic (exact) mass is 372 g/mol. The van der Waals surface area contributed by atoms with Gasteiger partial charge in [-0.1, -0.05) is 6.07 Å².